The molecule has 0 atom stereocenters. The zero-order valence-corrected chi connectivity index (χ0v) is 19.2. The van der Waals surface area contributed by atoms with Crippen LogP contribution in [0.1, 0.15) is 0 Å². The van der Waals surface area contributed by atoms with Gasteiger partial charge in [-0.05, 0) is 0 Å². The largest absolute Gasteiger partial charge is 3.00 e. The summed E-state index contributed by atoms with van der Waals surface area (Å²) < 4.78 is 1.53. The van der Waals surface area contributed by atoms with Crippen molar-refractivity contribution in [2.24, 2.45) is 0 Å². The normalized spacial score (nSPS) is 7.26. The van der Waals surface area contributed by atoms with Crippen molar-refractivity contribution in [1.82, 2.24) is 14.7 Å². The Kier molecular flexibility index (Phi) is 25.6. The molecule has 110 valence electrons. The molecule has 10 heteroatoms. The molecule has 0 aromatic rings. The molecule has 0 unspecified atom stereocenters. The first-order valence-electron chi connectivity index (χ1n) is 4.58. The standard InChI is InChI=1S/3C3H7NS2.Sb/c3*1-4(2)3(5)6;/h3*1-2H3,(H,5,6);/q;;;+3/p-3. The number of hydrogen-bond acceptors (Lipinski definition) is 6. The van der Waals surface area contributed by atoms with Crippen LogP contribution >= 0.6 is 36.7 Å². The van der Waals surface area contributed by atoms with Gasteiger partial charge in [-0.15, -0.1) is 0 Å². The van der Waals surface area contributed by atoms with Crippen LogP contribution in [0, 0.1) is 0 Å². The molecule has 0 aliphatic carbocycles. The van der Waals surface area contributed by atoms with E-state index in [2.05, 4.69) is 74.5 Å². The molecule has 0 amide bonds. The van der Waals surface area contributed by atoms with Gasteiger partial charge in [-0.1, -0.05) is 13.0 Å². The van der Waals surface area contributed by atoms with E-state index in [9.17, 15) is 0 Å². The SMILES string of the molecule is CN(C)C(=S)[S-].CN(C)C(=S)[S-].CN(C)C(=S)[S-].[Sb+3]. The van der Waals surface area contributed by atoms with Gasteiger partial charge in [-0.25, -0.2) is 0 Å². The maximum atomic E-state index is 4.56. The van der Waals surface area contributed by atoms with E-state index in [1.54, 1.807) is 14.7 Å². The molecule has 0 saturated carbocycles. The summed E-state index contributed by atoms with van der Waals surface area (Å²) in [6, 6.07) is 0. The van der Waals surface area contributed by atoms with Gasteiger partial charge in [0.1, 0.15) is 0 Å². The molecule has 0 heterocycles. The van der Waals surface area contributed by atoms with Gasteiger partial charge in [0.2, 0.25) is 0 Å². The Labute approximate surface area is 167 Å². The summed E-state index contributed by atoms with van der Waals surface area (Å²) in [5.41, 5.74) is 0. The van der Waals surface area contributed by atoms with Crippen molar-refractivity contribution < 1.29 is 0 Å². The Morgan fingerprint density at radius 3 is 0.632 bits per heavy atom. The van der Waals surface area contributed by atoms with Gasteiger partial charge in [-0.2, -0.15) is 0 Å². The van der Waals surface area contributed by atoms with Crippen LogP contribution in [0.15, 0.2) is 0 Å². The topological polar surface area (TPSA) is 9.72 Å². The van der Waals surface area contributed by atoms with E-state index in [0.29, 0.717) is 13.0 Å². The van der Waals surface area contributed by atoms with Gasteiger partial charge in [0, 0.05) is 42.3 Å². The maximum Gasteiger partial charge on any atom is 3.00 e. The van der Waals surface area contributed by atoms with E-state index in [-0.39, 0.29) is 24.4 Å². The summed E-state index contributed by atoms with van der Waals surface area (Å²) in [5, 5.41) is 0. The average Bonchev–Trinajstić information content (AvgIpc) is 2.18. The van der Waals surface area contributed by atoms with Crippen molar-refractivity contribution >= 4 is 112 Å². The van der Waals surface area contributed by atoms with Crippen molar-refractivity contribution in [2.75, 3.05) is 42.3 Å². The first-order valence-corrected chi connectivity index (χ1v) is 7.03. The molecular weight excluding hydrogens is 464 g/mol. The summed E-state index contributed by atoms with van der Waals surface area (Å²) in [6.45, 7) is 0. The second-order valence-corrected chi connectivity index (χ2v) is 6.58. The zero-order valence-electron chi connectivity index (χ0n) is 11.7. The third kappa shape index (κ3) is 32.6. The summed E-state index contributed by atoms with van der Waals surface area (Å²) in [5.74, 6) is 0. The number of nitrogens with zero attached hydrogens (tertiary/aromatic N) is 3. The van der Waals surface area contributed by atoms with Gasteiger partial charge in [0.05, 0.1) is 0 Å². The van der Waals surface area contributed by atoms with Crippen LogP contribution in [0.4, 0.5) is 0 Å². The van der Waals surface area contributed by atoms with E-state index >= 15 is 0 Å². The second-order valence-electron chi connectivity index (χ2n) is 3.48. The minimum atomic E-state index is 0. The number of hydrogen-bond donors (Lipinski definition) is 0. The van der Waals surface area contributed by atoms with Crippen LogP contribution in [0.2, 0.25) is 0 Å². The Hall–Kier alpha value is 1.15. The van der Waals surface area contributed by atoms with E-state index in [1.807, 2.05) is 42.3 Å². The molecule has 0 aliphatic heterocycles. The van der Waals surface area contributed by atoms with Gasteiger partial charge in [-0.3, -0.25) is 0 Å². The van der Waals surface area contributed by atoms with Crippen LogP contribution in [0.5, 0.6) is 0 Å². The fourth-order valence-corrected chi connectivity index (χ4v) is 0. The Bertz CT molecular complexity index is 228. The fraction of sp³-hybridized carbons (Fsp3) is 0.667. The van der Waals surface area contributed by atoms with E-state index in [1.165, 1.54) is 0 Å². The molecule has 0 rings (SSSR count). The van der Waals surface area contributed by atoms with Crippen LogP contribution in [0.25, 0.3) is 0 Å². The second kappa shape index (κ2) is 17.2. The third-order valence-corrected chi connectivity index (χ3v) is 3.29. The van der Waals surface area contributed by atoms with E-state index in [4.69, 9.17) is 0 Å². The molecule has 0 N–H and O–H groups in total. The molecule has 0 aliphatic rings. The minimum Gasteiger partial charge on any atom is -0.411 e. The van der Waals surface area contributed by atoms with Gasteiger partial charge in [0.15, 0.2) is 0 Å². The molecule has 0 fully saturated rings. The van der Waals surface area contributed by atoms with Crippen molar-refractivity contribution in [3.63, 3.8) is 0 Å². The molecule has 0 spiro atoms. The predicted molar refractivity (Wildman–Crippen MR) is 107 cm³/mol. The summed E-state index contributed by atoms with van der Waals surface area (Å²) in [4.78, 5) is 5.14. The van der Waals surface area contributed by atoms with Crippen LogP contribution in [-0.4, -0.2) is 94.4 Å². The molecule has 2 radical (unpaired) electrons. The van der Waals surface area contributed by atoms with Gasteiger partial charge < -0.3 is 89.2 Å². The number of rotatable bonds is 0. The average molecular weight is 482 g/mol. The predicted octanol–water partition coefficient (Wildman–Crippen LogP) is 0.759. The van der Waals surface area contributed by atoms with Crippen molar-refractivity contribution in [3.05, 3.63) is 0 Å². The quantitative estimate of drug-likeness (QED) is 0.279. The van der Waals surface area contributed by atoms with Gasteiger partial charge >= 0.3 is 24.4 Å². The van der Waals surface area contributed by atoms with Crippen LogP contribution in [0.3, 0.4) is 0 Å². The van der Waals surface area contributed by atoms with Gasteiger partial charge in [0.25, 0.3) is 0 Å². The zero-order chi connectivity index (χ0) is 15.5. The van der Waals surface area contributed by atoms with Crippen molar-refractivity contribution in [2.45, 2.75) is 0 Å². The molecule has 3 nitrogen and oxygen atoms in total. The Balaban J connectivity index is -0.0000000865. The Morgan fingerprint density at radius 2 is 0.632 bits per heavy atom. The van der Waals surface area contributed by atoms with E-state index in [0.717, 1.165) is 0 Å². The smallest absolute Gasteiger partial charge is 0.411 e. The monoisotopic (exact) mass is 481 g/mol. The Morgan fingerprint density at radius 1 is 0.579 bits per heavy atom. The summed E-state index contributed by atoms with van der Waals surface area (Å²) >= 11 is 27.4. The fourth-order valence-electron chi connectivity index (χ4n) is 0. The maximum absolute atomic E-state index is 4.56. The molecule has 0 aromatic heterocycles. The molecule has 19 heavy (non-hydrogen) atoms. The van der Waals surface area contributed by atoms with Crippen LogP contribution in [-0.2, 0) is 37.9 Å². The first kappa shape index (κ1) is 28.3. The van der Waals surface area contributed by atoms with Crippen molar-refractivity contribution in [3.8, 4) is 0 Å². The molecule has 0 saturated heterocycles. The minimum absolute atomic E-state index is 0. The van der Waals surface area contributed by atoms with Crippen molar-refractivity contribution in [1.29, 1.82) is 0 Å². The summed E-state index contributed by atoms with van der Waals surface area (Å²) in [6.07, 6.45) is 0. The first-order chi connectivity index (χ1) is 7.93. The molecule has 0 bridgehead atoms. The summed E-state index contributed by atoms with van der Waals surface area (Å²) in [7, 11) is 11.0. The van der Waals surface area contributed by atoms with Crippen LogP contribution < -0.4 is 0 Å². The number of thiocarbonyl (C=S) groups is 3. The molecule has 0 aromatic carbocycles. The third-order valence-electron chi connectivity index (χ3n) is 1.10. The van der Waals surface area contributed by atoms with E-state index < -0.39 is 0 Å². The molecular formula is C9H18N3S6Sb.